The first-order valence-corrected chi connectivity index (χ1v) is 15.0. The Balaban J connectivity index is 1.45. The first-order chi connectivity index (χ1) is 24.8. The summed E-state index contributed by atoms with van der Waals surface area (Å²) in [6, 6.07) is 42.8. The molecule has 210 valence electrons. The van der Waals surface area contributed by atoms with Crippen LogP contribution < -0.4 is 0 Å². The molecule has 0 fully saturated rings. The molecule has 0 aliphatic carbocycles. The number of rotatable bonds is 4. The van der Waals surface area contributed by atoms with E-state index >= 15 is 0 Å². The fourth-order valence-corrected chi connectivity index (χ4v) is 6.58. The molecule has 1 heterocycles. The minimum Gasteiger partial charge on any atom is -0.456 e. The van der Waals surface area contributed by atoms with Crippen LogP contribution in [0.2, 0.25) is 0 Å². The third-order valence-corrected chi connectivity index (χ3v) is 8.58. The van der Waals surface area contributed by atoms with E-state index in [2.05, 4.69) is 48.5 Å². The van der Waals surface area contributed by atoms with E-state index in [1.807, 2.05) is 72.8 Å². The van der Waals surface area contributed by atoms with Gasteiger partial charge in [0.25, 0.3) is 0 Å². The molecule has 0 aliphatic heterocycles. The average molecular weight is 579 g/mol. The predicted octanol–water partition coefficient (Wildman–Crippen LogP) is 12.6. The Kier molecular flexibility index (Phi) is 4.63. The van der Waals surface area contributed by atoms with Crippen LogP contribution in [0.4, 0.5) is 0 Å². The summed E-state index contributed by atoms with van der Waals surface area (Å²) >= 11 is 0. The molecule has 9 rings (SSSR count). The van der Waals surface area contributed by atoms with E-state index < -0.39 is 0 Å². The SMILES string of the molecule is [2H]c1c(-c2ccccc2)c([2H])c2c(oc3c([2H])c([2H])c([2H])c(-c4c5ccccc5c(-c5cccc(-c6ccccc6)c5)c5ccccc45)c32)c1[2H]. The molecule has 0 aliphatic rings. The lowest BCUT2D eigenvalue weighted by Crippen LogP contribution is -1.91. The Bertz CT molecular complexity index is 2800. The zero-order valence-corrected chi connectivity index (χ0v) is 24.1. The standard InChI is InChI=1S/C44H28O/c1-3-13-29(14-4-1)31-17-11-18-33(27-31)42-34-19-7-9-21-36(34)43(37-22-10-8-20-35(37)42)38-23-12-24-41-44(38)39-28-32(25-26-40(39)45-41)30-15-5-2-6-16-30/h1-28H/i12D,23D,24D,25D,26D,28D. The number of hydrogen-bond acceptors (Lipinski definition) is 1. The minimum atomic E-state index is -0.309. The van der Waals surface area contributed by atoms with Gasteiger partial charge in [0.2, 0.25) is 0 Å². The molecule has 0 N–H and O–H groups in total. The van der Waals surface area contributed by atoms with Crippen molar-refractivity contribution in [1.29, 1.82) is 0 Å². The molecule has 0 amide bonds. The second-order valence-electron chi connectivity index (χ2n) is 11.2. The van der Waals surface area contributed by atoms with Crippen molar-refractivity contribution in [2.75, 3.05) is 0 Å². The van der Waals surface area contributed by atoms with Gasteiger partial charge >= 0.3 is 0 Å². The minimum absolute atomic E-state index is 0.00221. The van der Waals surface area contributed by atoms with Crippen molar-refractivity contribution >= 4 is 43.5 Å². The fraction of sp³-hybridized carbons (Fsp3) is 0. The molecular weight excluding hydrogens is 544 g/mol. The highest BCUT2D eigenvalue weighted by atomic mass is 16.3. The van der Waals surface area contributed by atoms with Crippen molar-refractivity contribution in [3.8, 4) is 44.5 Å². The van der Waals surface area contributed by atoms with Crippen LogP contribution in [0.1, 0.15) is 8.22 Å². The van der Waals surface area contributed by atoms with Crippen molar-refractivity contribution in [3.05, 3.63) is 170 Å². The van der Waals surface area contributed by atoms with Crippen LogP contribution >= 0.6 is 0 Å². The summed E-state index contributed by atoms with van der Waals surface area (Å²) in [6.45, 7) is 0. The van der Waals surface area contributed by atoms with Gasteiger partial charge < -0.3 is 4.42 Å². The van der Waals surface area contributed by atoms with Crippen LogP contribution in [0.15, 0.2) is 174 Å². The van der Waals surface area contributed by atoms with Gasteiger partial charge in [0.05, 0.1) is 8.22 Å². The summed E-state index contributed by atoms with van der Waals surface area (Å²) in [5.74, 6) is 0. The largest absolute Gasteiger partial charge is 0.456 e. The lowest BCUT2D eigenvalue weighted by molar-refractivity contribution is 0.669. The molecule has 0 atom stereocenters. The maximum Gasteiger partial charge on any atom is 0.136 e. The molecule has 0 unspecified atom stereocenters. The van der Waals surface area contributed by atoms with Crippen molar-refractivity contribution in [1.82, 2.24) is 0 Å². The van der Waals surface area contributed by atoms with Gasteiger partial charge in [0.15, 0.2) is 0 Å². The van der Waals surface area contributed by atoms with Crippen molar-refractivity contribution in [3.63, 3.8) is 0 Å². The molecule has 0 saturated heterocycles. The molecule has 0 radical (unpaired) electrons. The Morgan fingerprint density at radius 2 is 0.956 bits per heavy atom. The summed E-state index contributed by atoms with van der Waals surface area (Å²) in [4.78, 5) is 0. The molecule has 45 heavy (non-hydrogen) atoms. The topological polar surface area (TPSA) is 13.1 Å². The van der Waals surface area contributed by atoms with Crippen LogP contribution in [0.3, 0.4) is 0 Å². The van der Waals surface area contributed by atoms with Crippen molar-refractivity contribution in [2.45, 2.75) is 0 Å². The molecular formula is C44H28O. The molecule has 1 nitrogen and oxygen atoms in total. The summed E-state index contributed by atoms with van der Waals surface area (Å²) in [5.41, 5.74) is 6.25. The molecule has 9 aromatic rings. The third-order valence-electron chi connectivity index (χ3n) is 8.58. The molecule has 8 aromatic carbocycles. The average Bonchev–Trinajstić information content (AvgIpc) is 3.58. The second-order valence-corrected chi connectivity index (χ2v) is 11.2. The number of benzene rings is 8. The van der Waals surface area contributed by atoms with Crippen LogP contribution in [0.25, 0.3) is 88.0 Å². The molecule has 0 spiro atoms. The number of hydrogen-bond donors (Lipinski definition) is 0. The van der Waals surface area contributed by atoms with Crippen molar-refractivity contribution < 1.29 is 12.6 Å². The monoisotopic (exact) mass is 578 g/mol. The van der Waals surface area contributed by atoms with E-state index in [-0.39, 0.29) is 58.4 Å². The van der Waals surface area contributed by atoms with Gasteiger partial charge in [-0.25, -0.2) is 0 Å². The summed E-state index contributed by atoms with van der Waals surface area (Å²) in [7, 11) is 0. The van der Waals surface area contributed by atoms with Crippen molar-refractivity contribution in [2.24, 2.45) is 0 Å². The summed E-state index contributed by atoms with van der Waals surface area (Å²) in [5, 5.41) is 4.18. The number of fused-ring (bicyclic) bond motifs is 5. The van der Waals surface area contributed by atoms with Crippen LogP contribution in [0, 0.1) is 0 Å². The van der Waals surface area contributed by atoms with Gasteiger partial charge in [-0.05, 0) is 90.2 Å². The highest BCUT2D eigenvalue weighted by Crippen LogP contribution is 2.47. The van der Waals surface area contributed by atoms with Gasteiger partial charge in [0, 0.05) is 10.8 Å². The van der Waals surface area contributed by atoms with Gasteiger partial charge in [-0.2, -0.15) is 0 Å². The Hall–Kier alpha value is -5.92. The summed E-state index contributed by atoms with van der Waals surface area (Å²) < 4.78 is 60.9. The Morgan fingerprint density at radius 3 is 1.62 bits per heavy atom. The maximum atomic E-state index is 9.50. The van der Waals surface area contributed by atoms with Crippen LogP contribution in [0.5, 0.6) is 0 Å². The smallest absolute Gasteiger partial charge is 0.136 e. The van der Waals surface area contributed by atoms with E-state index in [1.54, 1.807) is 12.1 Å². The molecule has 1 heteroatoms. The van der Waals surface area contributed by atoms with E-state index in [0.29, 0.717) is 22.1 Å². The third kappa shape index (κ3) is 4.17. The van der Waals surface area contributed by atoms with E-state index in [0.717, 1.165) is 43.8 Å². The van der Waals surface area contributed by atoms with E-state index in [1.165, 1.54) is 0 Å². The number of furan rings is 1. The Labute approximate surface area is 270 Å². The molecule has 1 aromatic heterocycles. The highest BCUT2D eigenvalue weighted by molar-refractivity contribution is 6.25. The fourth-order valence-electron chi connectivity index (χ4n) is 6.58. The lowest BCUT2D eigenvalue weighted by Gasteiger charge is -2.18. The zero-order valence-electron chi connectivity index (χ0n) is 30.1. The normalized spacial score (nSPS) is 13.4. The van der Waals surface area contributed by atoms with Gasteiger partial charge in [-0.3, -0.25) is 0 Å². The second kappa shape index (κ2) is 10.4. The maximum absolute atomic E-state index is 9.50. The predicted molar refractivity (Wildman–Crippen MR) is 190 cm³/mol. The van der Waals surface area contributed by atoms with Gasteiger partial charge in [0.1, 0.15) is 11.2 Å². The lowest BCUT2D eigenvalue weighted by atomic mass is 9.84. The zero-order chi connectivity index (χ0) is 35.0. The molecule has 0 bridgehead atoms. The quantitative estimate of drug-likeness (QED) is 0.189. The summed E-state index contributed by atoms with van der Waals surface area (Å²) in [6.07, 6.45) is 0. The van der Waals surface area contributed by atoms with Crippen LogP contribution in [-0.2, 0) is 0 Å². The van der Waals surface area contributed by atoms with Gasteiger partial charge in [-0.1, -0.05) is 146 Å². The highest BCUT2D eigenvalue weighted by Gasteiger charge is 2.20. The van der Waals surface area contributed by atoms with E-state index in [9.17, 15) is 2.74 Å². The van der Waals surface area contributed by atoms with Crippen LogP contribution in [-0.4, -0.2) is 0 Å². The first kappa shape index (κ1) is 20.1. The molecule has 0 saturated carbocycles. The first-order valence-electron chi connectivity index (χ1n) is 18.0. The van der Waals surface area contributed by atoms with Gasteiger partial charge in [-0.15, -0.1) is 0 Å². The Morgan fingerprint density at radius 1 is 0.400 bits per heavy atom. The van der Waals surface area contributed by atoms with E-state index in [4.69, 9.17) is 9.90 Å².